The van der Waals surface area contributed by atoms with Crippen LogP contribution in [0, 0.1) is 11.7 Å². The molecule has 0 amide bonds. The molecular weight excluding hydrogens is 524 g/mol. The van der Waals surface area contributed by atoms with Crippen LogP contribution in [0.4, 0.5) is 29.2 Å². The molecular formula is C26H29ClF4N6O. The van der Waals surface area contributed by atoms with Crippen molar-refractivity contribution in [2.24, 2.45) is 5.92 Å². The molecule has 12 heteroatoms. The van der Waals surface area contributed by atoms with Crippen LogP contribution in [0.3, 0.4) is 0 Å². The van der Waals surface area contributed by atoms with E-state index in [4.69, 9.17) is 16.6 Å². The van der Waals surface area contributed by atoms with Crippen molar-refractivity contribution < 1.29 is 22.7 Å². The van der Waals surface area contributed by atoms with Crippen LogP contribution in [0.5, 0.6) is 0 Å². The molecule has 0 radical (unpaired) electrons. The Kier molecular flexibility index (Phi) is 9.01. The number of aliphatic hydroxyl groups excluding tert-OH is 1. The molecule has 4 rings (SSSR count). The number of anilines is 2. The number of nitrogens with zero attached hydrogens (tertiary/aromatic N) is 5. The average molecular weight is 553 g/mol. The van der Waals surface area contributed by atoms with Crippen LogP contribution in [0.25, 0.3) is 11.3 Å². The van der Waals surface area contributed by atoms with Crippen molar-refractivity contribution in [2.45, 2.75) is 32.4 Å². The number of pyridine rings is 1. The number of aromatic nitrogens is 3. The summed E-state index contributed by atoms with van der Waals surface area (Å²) < 4.78 is 54.0. The highest BCUT2D eigenvalue weighted by Gasteiger charge is 2.34. The molecule has 1 aliphatic rings. The highest BCUT2D eigenvalue weighted by molar-refractivity contribution is 6.31. The van der Waals surface area contributed by atoms with E-state index >= 15 is 0 Å². The number of hydrogen-bond acceptors (Lipinski definition) is 7. The summed E-state index contributed by atoms with van der Waals surface area (Å²) in [4.78, 5) is 15.4. The van der Waals surface area contributed by atoms with Gasteiger partial charge in [-0.25, -0.2) is 24.4 Å². The molecule has 2 aromatic heterocycles. The number of hydrogen-bond donors (Lipinski definition) is 2. The van der Waals surface area contributed by atoms with E-state index in [0.717, 1.165) is 6.07 Å². The second-order valence-corrected chi connectivity index (χ2v) is 9.72. The third-order valence-corrected chi connectivity index (χ3v) is 6.61. The predicted molar refractivity (Wildman–Crippen MR) is 138 cm³/mol. The first kappa shape index (κ1) is 28.0. The lowest BCUT2D eigenvalue weighted by atomic mass is 10.0. The lowest BCUT2D eigenvalue weighted by Crippen LogP contribution is -2.36. The molecule has 204 valence electrons. The van der Waals surface area contributed by atoms with Crippen LogP contribution in [0.2, 0.25) is 5.02 Å². The largest absolute Gasteiger partial charge is 0.419 e. The molecule has 1 atom stereocenters. The molecule has 0 aliphatic carbocycles. The van der Waals surface area contributed by atoms with Gasteiger partial charge in [-0.05, 0) is 49.1 Å². The summed E-state index contributed by atoms with van der Waals surface area (Å²) in [7, 11) is 0. The number of rotatable bonds is 8. The van der Waals surface area contributed by atoms with Crippen molar-refractivity contribution in [1.82, 2.24) is 20.0 Å². The van der Waals surface area contributed by atoms with Gasteiger partial charge in [-0.1, -0.05) is 18.5 Å². The Morgan fingerprint density at radius 2 is 1.92 bits per heavy atom. The van der Waals surface area contributed by atoms with Gasteiger partial charge in [0, 0.05) is 57.0 Å². The summed E-state index contributed by atoms with van der Waals surface area (Å²) in [5.74, 6) is 0.637. The zero-order valence-corrected chi connectivity index (χ0v) is 21.6. The summed E-state index contributed by atoms with van der Waals surface area (Å²) in [5.41, 5.74) is 3.25. The molecule has 3 aromatic rings. The van der Waals surface area contributed by atoms with Crippen LogP contribution in [-0.4, -0.2) is 57.9 Å². The summed E-state index contributed by atoms with van der Waals surface area (Å²) in [6.45, 7) is 4.11. The molecule has 3 heterocycles. The van der Waals surface area contributed by atoms with Crippen molar-refractivity contribution in [1.29, 1.82) is 0 Å². The molecule has 7 nitrogen and oxygen atoms in total. The first-order valence-corrected chi connectivity index (χ1v) is 12.7. The van der Waals surface area contributed by atoms with Gasteiger partial charge in [-0.2, -0.15) is 13.2 Å². The summed E-state index contributed by atoms with van der Waals surface area (Å²) in [5, 5.41) is 11.0. The molecule has 1 aromatic carbocycles. The fraction of sp³-hybridized carbons (Fsp3) is 0.423. The van der Waals surface area contributed by atoms with Crippen LogP contribution < -0.4 is 10.3 Å². The minimum atomic E-state index is -4.52. The Labute approximate surface area is 223 Å². The van der Waals surface area contributed by atoms with Gasteiger partial charge in [0.05, 0.1) is 16.3 Å². The number of alkyl halides is 3. The third-order valence-electron chi connectivity index (χ3n) is 6.32. The minimum absolute atomic E-state index is 0.0119. The molecule has 2 N–H and O–H groups in total. The molecule has 1 saturated heterocycles. The van der Waals surface area contributed by atoms with Gasteiger partial charge in [0.15, 0.2) is 5.82 Å². The smallest absolute Gasteiger partial charge is 0.396 e. The van der Waals surface area contributed by atoms with Gasteiger partial charge < -0.3 is 15.4 Å². The number of aliphatic hydroxyl groups is 1. The monoisotopic (exact) mass is 552 g/mol. The Bertz CT molecular complexity index is 1240. The second-order valence-electron chi connectivity index (χ2n) is 9.31. The third kappa shape index (κ3) is 7.09. The Morgan fingerprint density at radius 3 is 2.66 bits per heavy atom. The van der Waals surface area contributed by atoms with E-state index in [1.807, 2.05) is 13.0 Å². The summed E-state index contributed by atoms with van der Waals surface area (Å²) in [6, 6.07) is 8.49. The summed E-state index contributed by atoms with van der Waals surface area (Å²) in [6.07, 6.45) is -1.39. The zero-order valence-electron chi connectivity index (χ0n) is 20.8. The lowest BCUT2D eigenvalue weighted by Gasteiger charge is -2.25. The first-order chi connectivity index (χ1) is 18.1. The van der Waals surface area contributed by atoms with Gasteiger partial charge in [0.1, 0.15) is 17.5 Å². The fourth-order valence-corrected chi connectivity index (χ4v) is 4.49. The fourth-order valence-electron chi connectivity index (χ4n) is 4.31. The lowest BCUT2D eigenvalue weighted by molar-refractivity contribution is -0.137. The second kappa shape index (κ2) is 12.2. The molecule has 38 heavy (non-hydrogen) atoms. The highest BCUT2D eigenvalue weighted by Crippen LogP contribution is 2.34. The van der Waals surface area contributed by atoms with Crippen molar-refractivity contribution in [3.8, 4) is 11.3 Å². The molecule has 0 saturated carbocycles. The molecule has 1 fully saturated rings. The van der Waals surface area contributed by atoms with Gasteiger partial charge in [0.2, 0.25) is 0 Å². The molecule has 1 unspecified atom stereocenters. The Morgan fingerprint density at radius 1 is 1.11 bits per heavy atom. The molecule has 1 aliphatic heterocycles. The van der Waals surface area contributed by atoms with E-state index in [9.17, 15) is 22.7 Å². The maximum atomic E-state index is 13.8. The van der Waals surface area contributed by atoms with E-state index in [2.05, 4.69) is 20.3 Å². The molecule has 0 spiro atoms. The van der Waals surface area contributed by atoms with E-state index in [0.29, 0.717) is 68.3 Å². The SMILES string of the molecule is CC(CCO)Cc1nc(-c2ccc(F)c(Cl)c2)cc(N2CCCN(Nc3ncccc3C(F)(F)F)CC2)n1. The number of nitrogens with one attached hydrogen (secondary N) is 1. The van der Waals surface area contributed by atoms with Crippen molar-refractivity contribution in [3.63, 3.8) is 0 Å². The van der Waals surface area contributed by atoms with Crippen LogP contribution in [0.15, 0.2) is 42.6 Å². The maximum absolute atomic E-state index is 13.8. The Balaban J connectivity index is 1.57. The topological polar surface area (TPSA) is 77.4 Å². The predicted octanol–water partition coefficient (Wildman–Crippen LogP) is 5.45. The van der Waals surface area contributed by atoms with E-state index in [-0.39, 0.29) is 23.4 Å². The van der Waals surface area contributed by atoms with Crippen molar-refractivity contribution in [3.05, 3.63) is 64.8 Å². The standard InChI is InChI=1S/C26H29ClF4N6O/c1-17(7-13-38)14-23-33-22(18-5-6-21(28)20(27)15-18)16-24(34-23)36-9-3-10-37(12-11-36)35-25-19(26(29,30)31)4-2-8-32-25/h2,4-6,8,15-17,38H,3,7,9-14H2,1H3,(H,32,35). The normalized spacial score (nSPS) is 15.8. The number of hydrazine groups is 1. The van der Waals surface area contributed by atoms with Gasteiger partial charge >= 0.3 is 6.18 Å². The summed E-state index contributed by atoms with van der Waals surface area (Å²) >= 11 is 6.02. The number of halogens is 5. The van der Waals surface area contributed by atoms with Crippen LogP contribution in [0.1, 0.15) is 31.2 Å². The quantitative estimate of drug-likeness (QED) is 0.360. The zero-order chi connectivity index (χ0) is 27.3. The maximum Gasteiger partial charge on any atom is 0.419 e. The molecule has 0 bridgehead atoms. The van der Waals surface area contributed by atoms with Crippen LogP contribution >= 0.6 is 11.6 Å². The van der Waals surface area contributed by atoms with E-state index < -0.39 is 17.6 Å². The van der Waals surface area contributed by atoms with Gasteiger partial charge in [0.25, 0.3) is 0 Å². The van der Waals surface area contributed by atoms with E-state index in [1.54, 1.807) is 11.1 Å². The Hall–Kier alpha value is -3.02. The van der Waals surface area contributed by atoms with Gasteiger partial charge in [-0.15, -0.1) is 0 Å². The minimum Gasteiger partial charge on any atom is -0.396 e. The highest BCUT2D eigenvalue weighted by atomic mass is 35.5. The van der Waals surface area contributed by atoms with Crippen molar-refractivity contribution in [2.75, 3.05) is 43.1 Å². The average Bonchev–Trinajstić information content (AvgIpc) is 3.11. The van der Waals surface area contributed by atoms with Crippen molar-refractivity contribution >= 4 is 23.2 Å². The van der Waals surface area contributed by atoms with Crippen LogP contribution in [-0.2, 0) is 12.6 Å². The number of benzene rings is 1. The first-order valence-electron chi connectivity index (χ1n) is 12.4. The van der Waals surface area contributed by atoms with E-state index in [1.165, 1.54) is 24.4 Å². The van der Waals surface area contributed by atoms with Gasteiger partial charge in [-0.3, -0.25) is 0 Å².